The molecule has 2 atom stereocenters. The maximum Gasteiger partial charge on any atom is 0.111 e. The van der Waals surface area contributed by atoms with Crippen LogP contribution in [0.1, 0.15) is 31.9 Å². The van der Waals surface area contributed by atoms with Gasteiger partial charge in [-0.1, -0.05) is 30.7 Å². The second kappa shape index (κ2) is 4.47. The quantitative estimate of drug-likeness (QED) is 0.936. The Kier molecular flexibility index (Phi) is 2.83. The molecule has 106 valence electrons. The van der Waals surface area contributed by atoms with E-state index in [2.05, 4.69) is 28.1 Å². The molecule has 1 aliphatic carbocycles. The molecule has 2 heterocycles. The lowest BCUT2D eigenvalue weighted by Gasteiger charge is -2.32. The van der Waals surface area contributed by atoms with E-state index in [1.807, 2.05) is 12.1 Å². The molecule has 1 aromatic carbocycles. The average Bonchev–Trinajstić information content (AvgIpc) is 3.00. The van der Waals surface area contributed by atoms with Gasteiger partial charge >= 0.3 is 0 Å². The zero-order valence-corrected chi connectivity index (χ0v) is 12.6. The molecule has 2 aromatic rings. The first kappa shape index (κ1) is 12.7. The maximum absolute atomic E-state index is 6.25. The van der Waals surface area contributed by atoms with Gasteiger partial charge in [0, 0.05) is 17.3 Å². The molecule has 0 spiro atoms. The maximum atomic E-state index is 6.25. The van der Waals surface area contributed by atoms with Gasteiger partial charge in [0.25, 0.3) is 0 Å². The number of rotatable bonds is 3. The average molecular weight is 290 g/mol. The molecule has 2 fully saturated rings. The molecule has 1 aromatic heterocycles. The second-order valence-corrected chi connectivity index (χ2v) is 6.76. The van der Waals surface area contributed by atoms with Crippen molar-refractivity contribution in [3.05, 3.63) is 28.9 Å². The van der Waals surface area contributed by atoms with E-state index in [0.717, 1.165) is 16.5 Å². The number of benzene rings is 1. The van der Waals surface area contributed by atoms with E-state index in [0.29, 0.717) is 5.41 Å². The van der Waals surface area contributed by atoms with Crippen LogP contribution in [0, 0.1) is 5.92 Å². The minimum atomic E-state index is 0.312. The Morgan fingerprint density at radius 2 is 2.40 bits per heavy atom. The summed E-state index contributed by atoms with van der Waals surface area (Å²) < 4.78 is 0. The molecule has 3 nitrogen and oxygen atoms in total. The SMILES string of the molecule is CCCN1CCC2CC2(c2[nH]nc3c(Cl)cccc23)C1. The number of hydrogen-bond acceptors (Lipinski definition) is 2. The molecule has 1 N–H and O–H groups in total. The van der Waals surface area contributed by atoms with Gasteiger partial charge in [0.2, 0.25) is 0 Å². The van der Waals surface area contributed by atoms with Crippen molar-refractivity contribution in [2.45, 2.75) is 31.6 Å². The van der Waals surface area contributed by atoms with Crippen molar-refractivity contribution in [3.8, 4) is 0 Å². The van der Waals surface area contributed by atoms with Gasteiger partial charge in [-0.05, 0) is 44.3 Å². The van der Waals surface area contributed by atoms with Crippen LogP contribution in [0.2, 0.25) is 5.02 Å². The number of hydrogen-bond donors (Lipinski definition) is 1. The summed E-state index contributed by atoms with van der Waals surface area (Å²) in [6.45, 7) is 5.90. The highest BCUT2D eigenvalue weighted by Gasteiger charge is 2.59. The number of fused-ring (bicyclic) bond motifs is 2. The Bertz CT molecular complexity index is 650. The molecule has 0 radical (unpaired) electrons. The van der Waals surface area contributed by atoms with Crippen LogP contribution in [0.15, 0.2) is 18.2 Å². The molecule has 0 amide bonds. The smallest absolute Gasteiger partial charge is 0.111 e. The van der Waals surface area contributed by atoms with Gasteiger partial charge in [-0.3, -0.25) is 5.10 Å². The number of nitrogens with one attached hydrogen (secondary N) is 1. The van der Waals surface area contributed by atoms with Gasteiger partial charge in [-0.2, -0.15) is 5.10 Å². The van der Waals surface area contributed by atoms with Crippen LogP contribution in [0.4, 0.5) is 0 Å². The van der Waals surface area contributed by atoms with E-state index in [1.54, 1.807) is 0 Å². The zero-order chi connectivity index (χ0) is 13.7. The first-order valence-electron chi connectivity index (χ1n) is 7.60. The van der Waals surface area contributed by atoms with E-state index in [4.69, 9.17) is 11.6 Å². The summed E-state index contributed by atoms with van der Waals surface area (Å²) in [5.41, 5.74) is 2.56. The van der Waals surface area contributed by atoms with Crippen molar-refractivity contribution in [2.24, 2.45) is 5.92 Å². The summed E-state index contributed by atoms with van der Waals surface area (Å²) in [7, 11) is 0. The van der Waals surface area contributed by atoms with E-state index in [1.165, 1.54) is 50.0 Å². The molecule has 1 aliphatic heterocycles. The monoisotopic (exact) mass is 289 g/mol. The van der Waals surface area contributed by atoms with E-state index in [9.17, 15) is 0 Å². The summed E-state index contributed by atoms with van der Waals surface area (Å²) in [6.07, 6.45) is 3.86. The van der Waals surface area contributed by atoms with Crippen molar-refractivity contribution in [2.75, 3.05) is 19.6 Å². The molecule has 20 heavy (non-hydrogen) atoms. The number of piperidine rings is 1. The van der Waals surface area contributed by atoms with Crippen molar-refractivity contribution in [1.29, 1.82) is 0 Å². The van der Waals surface area contributed by atoms with Gasteiger partial charge in [0.1, 0.15) is 5.52 Å². The van der Waals surface area contributed by atoms with Gasteiger partial charge in [-0.25, -0.2) is 0 Å². The van der Waals surface area contributed by atoms with Crippen molar-refractivity contribution < 1.29 is 0 Å². The second-order valence-electron chi connectivity index (χ2n) is 6.36. The Labute approximate surface area is 124 Å². The lowest BCUT2D eigenvalue weighted by atomic mass is 9.91. The van der Waals surface area contributed by atoms with E-state index < -0.39 is 0 Å². The van der Waals surface area contributed by atoms with Gasteiger partial charge in [-0.15, -0.1) is 0 Å². The molecule has 2 aliphatic rings. The molecule has 0 bridgehead atoms. The Hall–Kier alpha value is -1.06. The highest BCUT2D eigenvalue weighted by atomic mass is 35.5. The van der Waals surface area contributed by atoms with Crippen molar-refractivity contribution in [3.63, 3.8) is 0 Å². The number of aromatic nitrogens is 2. The molecule has 2 unspecified atom stereocenters. The predicted octanol–water partition coefficient (Wildman–Crippen LogP) is 3.59. The van der Waals surface area contributed by atoms with Crippen LogP contribution in [-0.2, 0) is 5.41 Å². The normalized spacial score (nSPS) is 29.6. The standard InChI is InChI=1S/C16H20ClN3/c1-2-7-20-8-6-11-9-16(11,10-20)15-12-4-3-5-13(17)14(12)18-19-15/h3-5,11H,2,6-10H2,1H3,(H,18,19). The van der Waals surface area contributed by atoms with Crippen LogP contribution in [0.25, 0.3) is 10.9 Å². The third-order valence-corrected chi connectivity index (χ3v) is 5.41. The fourth-order valence-electron chi connectivity index (χ4n) is 4.04. The molecule has 4 heteroatoms. The third-order valence-electron chi connectivity index (χ3n) is 5.10. The summed E-state index contributed by atoms with van der Waals surface area (Å²) in [5, 5.41) is 9.74. The number of aromatic amines is 1. The summed E-state index contributed by atoms with van der Waals surface area (Å²) in [5.74, 6) is 0.832. The fraction of sp³-hybridized carbons (Fsp3) is 0.562. The Balaban J connectivity index is 1.74. The Morgan fingerprint density at radius 3 is 3.25 bits per heavy atom. The first-order valence-corrected chi connectivity index (χ1v) is 7.98. The van der Waals surface area contributed by atoms with Crippen LogP contribution in [0.5, 0.6) is 0 Å². The lowest BCUT2D eigenvalue weighted by Crippen LogP contribution is -2.39. The van der Waals surface area contributed by atoms with E-state index >= 15 is 0 Å². The Morgan fingerprint density at radius 1 is 1.50 bits per heavy atom. The largest absolute Gasteiger partial charge is 0.302 e. The topological polar surface area (TPSA) is 31.9 Å². The minimum Gasteiger partial charge on any atom is -0.302 e. The highest BCUT2D eigenvalue weighted by Crippen LogP contribution is 2.59. The van der Waals surface area contributed by atoms with Gasteiger partial charge in [0.05, 0.1) is 10.7 Å². The van der Waals surface area contributed by atoms with Gasteiger partial charge in [0.15, 0.2) is 0 Å². The summed E-state index contributed by atoms with van der Waals surface area (Å²) >= 11 is 6.25. The minimum absolute atomic E-state index is 0.312. The molecule has 4 rings (SSSR count). The summed E-state index contributed by atoms with van der Waals surface area (Å²) in [4.78, 5) is 2.61. The van der Waals surface area contributed by atoms with Crippen LogP contribution < -0.4 is 0 Å². The van der Waals surface area contributed by atoms with Gasteiger partial charge < -0.3 is 4.90 Å². The number of likely N-dealkylation sites (tertiary alicyclic amines) is 1. The highest BCUT2D eigenvalue weighted by molar-refractivity contribution is 6.35. The van der Waals surface area contributed by atoms with E-state index in [-0.39, 0.29) is 0 Å². The number of H-pyrrole nitrogens is 1. The molecule has 1 saturated carbocycles. The summed E-state index contributed by atoms with van der Waals surface area (Å²) in [6, 6.07) is 6.11. The number of nitrogens with zero attached hydrogens (tertiary/aromatic N) is 2. The molecular weight excluding hydrogens is 270 g/mol. The predicted molar refractivity (Wildman–Crippen MR) is 82.2 cm³/mol. The van der Waals surface area contributed by atoms with Crippen molar-refractivity contribution >= 4 is 22.5 Å². The lowest BCUT2D eigenvalue weighted by molar-refractivity contribution is 0.200. The number of para-hydroxylation sites is 1. The van der Waals surface area contributed by atoms with Crippen LogP contribution >= 0.6 is 11.6 Å². The van der Waals surface area contributed by atoms with Crippen molar-refractivity contribution in [1.82, 2.24) is 15.1 Å². The molecule has 1 saturated heterocycles. The zero-order valence-electron chi connectivity index (χ0n) is 11.8. The van der Waals surface area contributed by atoms with Crippen LogP contribution in [0.3, 0.4) is 0 Å². The molecular formula is C16H20ClN3. The fourth-order valence-corrected chi connectivity index (χ4v) is 4.26. The van der Waals surface area contributed by atoms with Crippen LogP contribution in [-0.4, -0.2) is 34.7 Å². The third kappa shape index (κ3) is 1.73. The first-order chi connectivity index (χ1) is 9.74. The number of halogens is 1.